The van der Waals surface area contributed by atoms with Crippen LogP contribution >= 0.6 is 0 Å². The lowest BCUT2D eigenvalue weighted by atomic mass is 9.99. The second kappa shape index (κ2) is 9.78. The molecule has 0 radical (unpaired) electrons. The van der Waals surface area contributed by atoms with Crippen LogP contribution in [0.4, 0.5) is 13.2 Å². The van der Waals surface area contributed by atoms with Crippen molar-refractivity contribution in [1.29, 1.82) is 0 Å². The first-order valence-electron chi connectivity index (χ1n) is 9.75. The Balaban J connectivity index is 1.75. The second-order valence-electron chi connectivity index (χ2n) is 7.46. The molecule has 0 aliphatic carbocycles. The third-order valence-electron chi connectivity index (χ3n) is 4.80. The van der Waals surface area contributed by atoms with Crippen molar-refractivity contribution in [2.24, 2.45) is 5.92 Å². The lowest BCUT2D eigenvalue weighted by Crippen LogP contribution is -2.47. The van der Waals surface area contributed by atoms with Gasteiger partial charge < -0.3 is 15.4 Å². The number of halogens is 3. The number of nitrogens with zero attached hydrogens (tertiary/aromatic N) is 1. The van der Waals surface area contributed by atoms with Crippen molar-refractivity contribution in [2.75, 3.05) is 0 Å². The van der Waals surface area contributed by atoms with Crippen LogP contribution in [0, 0.1) is 11.7 Å². The molecular weight excluding hydrogens is 413 g/mol. The molecule has 1 saturated heterocycles. The molecule has 2 amide bonds. The minimum absolute atomic E-state index is 0.0684. The Morgan fingerprint density at radius 1 is 1.29 bits per heavy atom. The number of hydrogen-bond acceptors (Lipinski definition) is 5. The highest BCUT2D eigenvalue weighted by molar-refractivity contribution is 5.78. The number of hydrogen-bond donors (Lipinski definition) is 3. The molecule has 166 valence electrons. The van der Waals surface area contributed by atoms with Gasteiger partial charge in [-0.05, 0) is 23.3 Å². The molecule has 1 aliphatic rings. The lowest BCUT2D eigenvalue weighted by molar-refractivity contribution is -0.125. The Bertz CT molecular complexity index is 938. The third kappa shape index (κ3) is 5.94. The molecule has 2 aromatic rings. The van der Waals surface area contributed by atoms with Crippen molar-refractivity contribution in [3.63, 3.8) is 0 Å². The quantitative estimate of drug-likeness (QED) is 0.621. The summed E-state index contributed by atoms with van der Waals surface area (Å²) in [4.78, 5) is 27.9. The Morgan fingerprint density at radius 2 is 2.06 bits per heavy atom. The molecule has 0 spiro atoms. The van der Waals surface area contributed by atoms with Crippen molar-refractivity contribution in [3.05, 3.63) is 59.0 Å². The molecule has 0 saturated carbocycles. The maximum Gasteiger partial charge on any atom is 0.388 e. The van der Waals surface area contributed by atoms with Crippen molar-refractivity contribution >= 4 is 11.8 Å². The van der Waals surface area contributed by atoms with Gasteiger partial charge in [-0.25, -0.2) is 9.37 Å². The number of nitrogens with one attached hydrogen (secondary N) is 3. The largest absolute Gasteiger partial charge is 0.417 e. The van der Waals surface area contributed by atoms with Gasteiger partial charge in [-0.3, -0.25) is 14.9 Å². The van der Waals surface area contributed by atoms with E-state index in [1.165, 1.54) is 24.4 Å². The van der Waals surface area contributed by atoms with Crippen molar-refractivity contribution in [2.45, 2.75) is 45.6 Å². The molecule has 2 atom stereocenters. The highest BCUT2D eigenvalue weighted by Gasteiger charge is 2.30. The number of ether oxygens (including phenoxy) is 1. The third-order valence-corrected chi connectivity index (χ3v) is 4.80. The van der Waals surface area contributed by atoms with Crippen molar-refractivity contribution < 1.29 is 27.5 Å². The van der Waals surface area contributed by atoms with Crippen LogP contribution in [0.2, 0.25) is 0 Å². The Labute approximate surface area is 177 Å². The van der Waals surface area contributed by atoms with E-state index in [4.69, 9.17) is 0 Å². The Hall–Kier alpha value is -3.14. The summed E-state index contributed by atoms with van der Waals surface area (Å²) in [6.45, 7) is 0.786. The highest BCUT2D eigenvalue weighted by atomic mass is 19.3. The predicted octanol–water partition coefficient (Wildman–Crippen LogP) is 2.94. The predicted molar refractivity (Wildman–Crippen MR) is 105 cm³/mol. The fourth-order valence-electron chi connectivity index (χ4n) is 3.17. The normalized spacial score (nSPS) is 18.7. The number of benzene rings is 1. The number of pyridine rings is 1. The van der Waals surface area contributed by atoms with E-state index >= 15 is 0 Å². The van der Waals surface area contributed by atoms with Crippen LogP contribution in [0.25, 0.3) is 0 Å². The van der Waals surface area contributed by atoms with Crippen LogP contribution < -0.4 is 20.7 Å². The van der Waals surface area contributed by atoms with Gasteiger partial charge in [-0.15, -0.1) is 0 Å². The molecule has 7 nitrogen and oxygen atoms in total. The SMILES string of the molecule is CC(C)C(=O)NCc1ccc(F)c(C2NC(=O)CC(c3ccc(OC(F)F)nc3)N2)c1. The molecule has 0 bridgehead atoms. The molecule has 1 fully saturated rings. The van der Waals surface area contributed by atoms with Gasteiger partial charge >= 0.3 is 6.61 Å². The molecule has 3 N–H and O–H groups in total. The number of carbonyl (C=O) groups is 2. The van der Waals surface area contributed by atoms with Gasteiger partial charge in [0.1, 0.15) is 12.0 Å². The lowest BCUT2D eigenvalue weighted by Gasteiger charge is -2.32. The van der Waals surface area contributed by atoms with Crippen LogP contribution in [0.3, 0.4) is 0 Å². The monoisotopic (exact) mass is 436 g/mol. The van der Waals surface area contributed by atoms with E-state index in [0.717, 1.165) is 0 Å². The molecular formula is C21H23F3N4O3. The summed E-state index contributed by atoms with van der Waals surface area (Å²) in [5.41, 5.74) is 1.47. The van der Waals surface area contributed by atoms with Gasteiger partial charge in [0.05, 0.1) is 0 Å². The summed E-state index contributed by atoms with van der Waals surface area (Å²) in [6.07, 6.45) is 0.585. The zero-order chi connectivity index (χ0) is 22.5. The van der Waals surface area contributed by atoms with E-state index in [1.54, 1.807) is 26.0 Å². The van der Waals surface area contributed by atoms with Gasteiger partial charge in [-0.1, -0.05) is 26.0 Å². The molecule has 2 heterocycles. The Morgan fingerprint density at radius 3 is 2.71 bits per heavy atom. The summed E-state index contributed by atoms with van der Waals surface area (Å²) in [6, 6.07) is 6.72. The molecule has 1 aliphatic heterocycles. The molecule has 2 unspecified atom stereocenters. The average molecular weight is 436 g/mol. The summed E-state index contributed by atoms with van der Waals surface area (Å²) >= 11 is 0. The van der Waals surface area contributed by atoms with Gasteiger partial charge in [0.15, 0.2) is 0 Å². The summed E-state index contributed by atoms with van der Waals surface area (Å²) in [5.74, 6) is -1.36. The number of alkyl halides is 2. The van der Waals surface area contributed by atoms with Gasteiger partial charge in [0, 0.05) is 42.8 Å². The fourth-order valence-corrected chi connectivity index (χ4v) is 3.17. The van der Waals surface area contributed by atoms with E-state index in [1.807, 2.05) is 0 Å². The maximum atomic E-state index is 14.5. The van der Waals surface area contributed by atoms with E-state index in [2.05, 4.69) is 25.7 Å². The van der Waals surface area contributed by atoms with Crippen LogP contribution in [-0.2, 0) is 16.1 Å². The van der Waals surface area contributed by atoms with E-state index in [9.17, 15) is 22.8 Å². The van der Waals surface area contributed by atoms with Crippen LogP contribution in [0.1, 0.15) is 49.2 Å². The Kier molecular flexibility index (Phi) is 7.11. The number of aromatic nitrogens is 1. The van der Waals surface area contributed by atoms with Gasteiger partial charge in [-0.2, -0.15) is 8.78 Å². The first-order chi connectivity index (χ1) is 14.7. The van der Waals surface area contributed by atoms with Gasteiger partial charge in [0.25, 0.3) is 0 Å². The van der Waals surface area contributed by atoms with Gasteiger partial charge in [0.2, 0.25) is 17.7 Å². The topological polar surface area (TPSA) is 92.4 Å². The van der Waals surface area contributed by atoms with Crippen molar-refractivity contribution in [3.8, 4) is 5.88 Å². The van der Waals surface area contributed by atoms with Crippen LogP contribution in [-0.4, -0.2) is 23.4 Å². The summed E-state index contributed by atoms with van der Waals surface area (Å²) in [5, 5.41) is 8.61. The molecule has 3 rings (SSSR count). The number of rotatable bonds is 7. The first-order valence-corrected chi connectivity index (χ1v) is 9.75. The van der Waals surface area contributed by atoms with E-state index < -0.39 is 24.6 Å². The molecule has 1 aromatic carbocycles. The zero-order valence-corrected chi connectivity index (χ0v) is 17.0. The maximum absolute atomic E-state index is 14.5. The zero-order valence-electron chi connectivity index (χ0n) is 17.0. The standard InChI is InChI=1S/C21H23F3N4O3/c1-11(2)20(30)26-9-12-3-5-15(22)14(7-12)19-27-16(8-17(29)28-19)13-4-6-18(25-10-13)31-21(23)24/h3-7,10-11,16,19,21,27H,8-9H2,1-2H3,(H,26,30)(H,28,29). The minimum Gasteiger partial charge on any atom is -0.417 e. The van der Waals surface area contributed by atoms with Crippen molar-refractivity contribution in [1.82, 2.24) is 20.9 Å². The fraction of sp³-hybridized carbons (Fsp3) is 0.381. The van der Waals surface area contributed by atoms with E-state index in [-0.39, 0.29) is 42.1 Å². The average Bonchev–Trinajstić information content (AvgIpc) is 2.72. The first kappa shape index (κ1) is 22.5. The van der Waals surface area contributed by atoms with Crippen LogP contribution in [0.15, 0.2) is 36.5 Å². The van der Waals surface area contributed by atoms with Crippen LogP contribution in [0.5, 0.6) is 5.88 Å². The smallest absolute Gasteiger partial charge is 0.388 e. The minimum atomic E-state index is -2.98. The summed E-state index contributed by atoms with van der Waals surface area (Å²) in [7, 11) is 0. The number of amides is 2. The number of carbonyl (C=O) groups excluding carboxylic acids is 2. The molecule has 10 heteroatoms. The molecule has 1 aromatic heterocycles. The second-order valence-corrected chi connectivity index (χ2v) is 7.46. The summed E-state index contributed by atoms with van der Waals surface area (Å²) < 4.78 is 43.3. The highest BCUT2D eigenvalue weighted by Crippen LogP contribution is 2.28. The van der Waals surface area contributed by atoms with E-state index in [0.29, 0.717) is 11.1 Å². The molecule has 31 heavy (non-hydrogen) atoms.